The molecule has 0 atom stereocenters. The number of aliphatic imine (C=N–C) groups is 1. The largest absolute Gasteiger partial charge is 2.00 e. The number of hydrogen-bond donors (Lipinski definition) is 0. The summed E-state index contributed by atoms with van der Waals surface area (Å²) in [5.74, 6) is 0.653. The molecule has 13 heteroatoms. The van der Waals surface area contributed by atoms with Crippen LogP contribution in [0.2, 0.25) is 0 Å². The van der Waals surface area contributed by atoms with Crippen molar-refractivity contribution in [2.24, 2.45) is 4.99 Å². The number of alkyl halides is 6. The van der Waals surface area contributed by atoms with E-state index in [0.717, 1.165) is 22.8 Å². The van der Waals surface area contributed by atoms with Crippen molar-refractivity contribution in [1.82, 2.24) is 0 Å². The van der Waals surface area contributed by atoms with Gasteiger partial charge in [-0.05, 0) is 64.2 Å². The Labute approximate surface area is 300 Å². The minimum Gasteiger partial charge on any atom is -0.741 e. The molecule has 0 aliphatic carbocycles. The summed E-state index contributed by atoms with van der Waals surface area (Å²) in [6.45, 7) is 19.0. The molecule has 0 bridgehead atoms. The number of para-hydroxylation sites is 2. The maximum absolute atomic E-state index is 10.7. The monoisotopic (exact) mass is 808 g/mol. The van der Waals surface area contributed by atoms with E-state index in [0.29, 0.717) is 5.92 Å². The average Bonchev–Trinajstić information content (AvgIpc) is 2.88. The number of hydrogen-bond acceptors (Lipinski definition) is 4. The second-order valence-electron chi connectivity index (χ2n) is 10.3. The Hall–Kier alpha value is -1.94. The van der Waals surface area contributed by atoms with E-state index in [4.69, 9.17) is 58.1 Å². The zero-order valence-corrected chi connectivity index (χ0v) is 32.0. The zero-order chi connectivity index (χ0) is 35.1. The molecule has 3 rings (SSSR count). The first-order chi connectivity index (χ1) is 20.6. The van der Waals surface area contributed by atoms with Crippen LogP contribution in [0.5, 0.6) is 0 Å². The van der Waals surface area contributed by atoms with Crippen LogP contribution in [0.1, 0.15) is 67.0 Å². The Bertz CT molecular complexity index is 1490. The van der Waals surface area contributed by atoms with Crippen LogP contribution in [0, 0.1) is 34.6 Å². The van der Waals surface area contributed by atoms with E-state index in [1.165, 1.54) is 33.4 Å². The Morgan fingerprint density at radius 1 is 0.826 bits per heavy atom. The van der Waals surface area contributed by atoms with Gasteiger partial charge in [0.25, 0.3) is 0 Å². The summed E-state index contributed by atoms with van der Waals surface area (Å²) < 4.78 is 58.2. The number of allylic oxidation sites excluding steroid dienone is 2. The fraction of sp³-hybridized carbons (Fsp3) is 0.364. The molecular formula is C33H40Cl3F3N2O3RuS. The van der Waals surface area contributed by atoms with Gasteiger partial charge in [0.05, 0.1) is 5.69 Å². The fourth-order valence-electron chi connectivity index (χ4n) is 3.63. The van der Waals surface area contributed by atoms with E-state index in [1.807, 2.05) is 19.9 Å². The second kappa shape index (κ2) is 21.8. The molecule has 0 unspecified atom stereocenters. The van der Waals surface area contributed by atoms with Gasteiger partial charge in [-0.3, -0.25) is 4.99 Å². The zero-order valence-electron chi connectivity index (χ0n) is 27.2. The first-order valence-corrected chi connectivity index (χ1v) is 16.4. The Morgan fingerprint density at radius 3 is 1.54 bits per heavy atom. The van der Waals surface area contributed by atoms with Gasteiger partial charge in [0.1, 0.15) is 0 Å². The summed E-state index contributed by atoms with van der Waals surface area (Å²) in [5.41, 5.74) is 5.95. The predicted octanol–water partition coefficient (Wildman–Crippen LogP) is 11.8. The Kier molecular flexibility index (Phi) is 21.9. The molecule has 0 aliphatic heterocycles. The van der Waals surface area contributed by atoms with Crippen LogP contribution in [0.3, 0.4) is 0 Å². The van der Waals surface area contributed by atoms with E-state index in [2.05, 4.69) is 109 Å². The molecule has 0 fully saturated rings. The number of benzene rings is 3. The topological polar surface area (TPSA) is 83.7 Å². The quantitative estimate of drug-likeness (QED) is 0.0846. The summed E-state index contributed by atoms with van der Waals surface area (Å²) in [6, 6.07) is 21.2. The molecule has 0 saturated carbocycles. The minimum atomic E-state index is -6.09. The van der Waals surface area contributed by atoms with Crippen LogP contribution in [0.15, 0.2) is 77.4 Å². The number of halogens is 6. The van der Waals surface area contributed by atoms with Crippen molar-refractivity contribution in [3.8, 4) is 0 Å². The number of nitrogens with zero attached hydrogens (tertiary/aromatic N) is 2. The summed E-state index contributed by atoms with van der Waals surface area (Å²) in [6.07, 6.45) is 2.04. The molecule has 46 heavy (non-hydrogen) atoms. The van der Waals surface area contributed by atoms with Gasteiger partial charge < -0.3 is 9.87 Å². The minimum absolute atomic E-state index is 0. The number of aryl methyl sites for hydroxylation is 5. The van der Waals surface area contributed by atoms with Gasteiger partial charge >= 0.3 is 25.0 Å². The van der Waals surface area contributed by atoms with E-state index in [9.17, 15) is 13.2 Å². The van der Waals surface area contributed by atoms with Crippen molar-refractivity contribution in [1.29, 1.82) is 0 Å². The standard InChI is InChI=1S/C21H25N2.C10H14.CHCl3.CHF3O3S.Ru/c1-14-9-7-10-15(2)20(14)22-18(5)13-19(6)23-21-16(3)11-8-12-17(21)4;1-8(2)10-6-4-9(3)5-7-10;2-1(3)4;2-1(3,4)8(5,6)7;/h7-13H,1-6H3;4-8H,1-3H3;1H;(H,5,6,7);/q-1;;;;+2/p-1/b18-13-,23-19?;;;;. The molecule has 5 nitrogen and oxygen atoms in total. The van der Waals surface area contributed by atoms with Gasteiger partial charge in [-0.15, -0.1) is 5.69 Å². The third-order valence-corrected chi connectivity index (χ3v) is 6.47. The molecule has 3 aromatic carbocycles. The van der Waals surface area contributed by atoms with Gasteiger partial charge in [0, 0.05) is 5.71 Å². The maximum Gasteiger partial charge on any atom is 2.00 e. The summed E-state index contributed by atoms with van der Waals surface area (Å²) in [5, 5.41) is 4.76. The Morgan fingerprint density at radius 2 is 1.20 bits per heavy atom. The van der Waals surface area contributed by atoms with Crippen LogP contribution < -0.4 is 0 Å². The van der Waals surface area contributed by atoms with Gasteiger partial charge in [-0.2, -0.15) is 18.9 Å². The smallest absolute Gasteiger partial charge is 0.741 e. The number of rotatable bonds is 5. The summed E-state index contributed by atoms with van der Waals surface area (Å²) in [4.78, 5) is 4.76. The van der Waals surface area contributed by atoms with Gasteiger partial charge in [0.15, 0.2) is 14.4 Å². The van der Waals surface area contributed by atoms with Crippen LogP contribution in [-0.2, 0) is 29.6 Å². The molecule has 3 aromatic rings. The second-order valence-corrected chi connectivity index (χ2v) is 13.7. The first-order valence-electron chi connectivity index (χ1n) is 13.7. The van der Waals surface area contributed by atoms with E-state index < -0.39 is 19.9 Å². The van der Waals surface area contributed by atoms with Gasteiger partial charge in [0.2, 0.25) is 0 Å². The van der Waals surface area contributed by atoms with E-state index in [1.54, 1.807) is 0 Å². The first kappa shape index (κ1) is 46.2. The third-order valence-electron chi connectivity index (χ3n) is 5.90. The van der Waals surface area contributed by atoms with Crippen molar-refractivity contribution in [3.63, 3.8) is 0 Å². The molecule has 256 valence electrons. The van der Waals surface area contributed by atoms with Crippen LogP contribution in [0.4, 0.5) is 24.5 Å². The third kappa shape index (κ3) is 19.0. The van der Waals surface area contributed by atoms with Crippen LogP contribution in [0.25, 0.3) is 5.32 Å². The van der Waals surface area contributed by atoms with Crippen molar-refractivity contribution < 1.29 is 45.6 Å². The molecule has 0 N–H and O–H groups in total. The van der Waals surface area contributed by atoms with Crippen molar-refractivity contribution in [3.05, 3.63) is 111 Å². The SMILES string of the molecule is CC(/C=C(/C)[N-]c1c(C)cccc1C)=Nc1c(C)cccc1C.Cc1ccc(C(C)C)cc1.ClC(Cl)Cl.O=S(=O)([O-])C(F)(F)F.[Ru+2]. The van der Waals surface area contributed by atoms with Crippen molar-refractivity contribution in [2.45, 2.75) is 78.0 Å². The van der Waals surface area contributed by atoms with Gasteiger partial charge in [-0.1, -0.05) is 139 Å². The molecule has 0 spiro atoms. The van der Waals surface area contributed by atoms with Crippen molar-refractivity contribution >= 4 is 62.0 Å². The summed E-state index contributed by atoms with van der Waals surface area (Å²) in [7, 11) is -6.09. The maximum atomic E-state index is 10.7. The van der Waals surface area contributed by atoms with Crippen molar-refractivity contribution in [2.75, 3.05) is 0 Å². The van der Waals surface area contributed by atoms with Crippen LogP contribution >= 0.6 is 34.8 Å². The van der Waals surface area contributed by atoms with Gasteiger partial charge in [-0.25, -0.2) is 8.42 Å². The molecule has 0 radical (unpaired) electrons. The fourth-order valence-corrected chi connectivity index (χ4v) is 3.63. The normalized spacial score (nSPS) is 11.7. The molecule has 0 aliphatic rings. The van der Waals surface area contributed by atoms with Crippen LogP contribution in [-0.4, -0.2) is 28.5 Å². The van der Waals surface area contributed by atoms with E-state index >= 15 is 0 Å². The molecular weight excluding hydrogens is 769 g/mol. The molecule has 0 amide bonds. The average molecular weight is 809 g/mol. The molecule has 0 saturated heterocycles. The van der Waals surface area contributed by atoms with E-state index in [-0.39, 0.29) is 19.5 Å². The predicted molar refractivity (Wildman–Crippen MR) is 184 cm³/mol. The molecule has 0 heterocycles. The molecule has 0 aromatic heterocycles. The summed E-state index contributed by atoms with van der Waals surface area (Å²) >= 11 is 14.4. The Balaban J connectivity index is 0.